The first-order chi connectivity index (χ1) is 14.6. The summed E-state index contributed by atoms with van der Waals surface area (Å²) in [5.74, 6) is 0.906. The maximum atomic E-state index is 12.5. The second kappa shape index (κ2) is 9.24. The van der Waals surface area contributed by atoms with Crippen molar-refractivity contribution < 1.29 is 19.1 Å². The molecule has 0 spiro atoms. The lowest BCUT2D eigenvalue weighted by molar-refractivity contribution is -1.02. The lowest BCUT2D eigenvalue weighted by Gasteiger charge is -2.28. The van der Waals surface area contributed by atoms with Crippen LogP contribution in [0.1, 0.15) is 16.8 Å². The largest absolute Gasteiger partial charge is 0.356 e. The highest BCUT2D eigenvalue weighted by molar-refractivity contribution is 5.92. The first kappa shape index (κ1) is 20.3. The molecular formula is C24H30N4O2+2. The number of quaternary nitrogens is 2. The summed E-state index contributed by atoms with van der Waals surface area (Å²) in [4.78, 5) is 15.3. The number of anilines is 1. The van der Waals surface area contributed by atoms with Crippen molar-refractivity contribution in [2.75, 3.05) is 38.0 Å². The second-order valence-corrected chi connectivity index (χ2v) is 8.20. The second-order valence-electron chi connectivity index (χ2n) is 8.20. The average Bonchev–Trinajstić information content (AvgIpc) is 3.22. The molecule has 1 saturated heterocycles. The number of carbonyl (C=O) groups is 1. The number of carbonyl (C=O) groups excluding carboxylic acids is 1. The molecule has 4 rings (SSSR count). The van der Waals surface area contributed by atoms with E-state index in [0.717, 1.165) is 61.0 Å². The molecule has 2 aromatic carbocycles. The first-order valence-electron chi connectivity index (χ1n) is 10.6. The quantitative estimate of drug-likeness (QED) is 0.570. The zero-order chi connectivity index (χ0) is 20.9. The molecule has 1 fully saturated rings. The third-order valence-corrected chi connectivity index (χ3v) is 6.00. The van der Waals surface area contributed by atoms with Crippen LogP contribution in [0.25, 0.3) is 11.3 Å². The fourth-order valence-electron chi connectivity index (χ4n) is 4.01. The average molecular weight is 407 g/mol. The van der Waals surface area contributed by atoms with Gasteiger partial charge in [0.15, 0.2) is 12.3 Å². The molecule has 3 N–H and O–H groups in total. The van der Waals surface area contributed by atoms with E-state index < -0.39 is 0 Å². The monoisotopic (exact) mass is 406 g/mol. The van der Waals surface area contributed by atoms with Crippen LogP contribution in [0.2, 0.25) is 0 Å². The van der Waals surface area contributed by atoms with Crippen molar-refractivity contribution in [3.63, 3.8) is 0 Å². The number of piperazine rings is 1. The molecule has 156 valence electrons. The Hall–Kier alpha value is -2.96. The van der Waals surface area contributed by atoms with Crippen LogP contribution in [-0.2, 0) is 11.3 Å². The number of hydrogen-bond donors (Lipinski definition) is 3. The van der Waals surface area contributed by atoms with Crippen LogP contribution in [-0.4, -0.2) is 43.8 Å². The lowest BCUT2D eigenvalue weighted by atomic mass is 10.1. The third-order valence-electron chi connectivity index (χ3n) is 6.00. The highest BCUT2D eigenvalue weighted by Gasteiger charge is 2.26. The van der Waals surface area contributed by atoms with Crippen molar-refractivity contribution in [2.24, 2.45) is 0 Å². The topological polar surface area (TPSA) is 64.0 Å². The summed E-state index contributed by atoms with van der Waals surface area (Å²) in [6.07, 6.45) is 0. The predicted octanol–water partition coefficient (Wildman–Crippen LogP) is 0.881. The molecular weight excluding hydrogens is 376 g/mol. The van der Waals surface area contributed by atoms with Gasteiger partial charge in [0, 0.05) is 17.3 Å². The Morgan fingerprint density at radius 3 is 2.50 bits per heavy atom. The summed E-state index contributed by atoms with van der Waals surface area (Å²) in [5.41, 5.74) is 5.29. The minimum absolute atomic E-state index is 0.0890. The summed E-state index contributed by atoms with van der Waals surface area (Å²) in [6, 6.07) is 18.1. The Bertz CT molecular complexity index is 991. The molecule has 6 heteroatoms. The maximum Gasteiger partial charge on any atom is 0.279 e. The van der Waals surface area contributed by atoms with Gasteiger partial charge < -0.3 is 19.6 Å². The van der Waals surface area contributed by atoms with Crippen molar-refractivity contribution in [1.29, 1.82) is 0 Å². The number of nitrogens with one attached hydrogen (secondary N) is 3. The molecule has 1 aromatic heterocycles. The van der Waals surface area contributed by atoms with E-state index >= 15 is 0 Å². The highest BCUT2D eigenvalue weighted by atomic mass is 16.5. The standard InChI is InChI=1S/C24H28N4O2/c1-18-7-6-10-22(19(18)2)25-24(29)17-28-13-11-27(12-14-28)16-21-15-23(30-26-21)20-8-4-3-5-9-20/h3-10,15H,11-14,16-17H2,1-2H3,(H,25,29)/p+2. The molecule has 6 nitrogen and oxygen atoms in total. The summed E-state index contributed by atoms with van der Waals surface area (Å²) >= 11 is 0. The van der Waals surface area contributed by atoms with E-state index in [1.54, 1.807) is 0 Å². The first-order valence-corrected chi connectivity index (χ1v) is 10.6. The van der Waals surface area contributed by atoms with E-state index in [0.29, 0.717) is 6.54 Å². The van der Waals surface area contributed by atoms with Crippen molar-refractivity contribution >= 4 is 11.6 Å². The lowest BCUT2D eigenvalue weighted by Crippen LogP contribution is -3.28. The molecule has 1 aliphatic heterocycles. The number of aromatic nitrogens is 1. The normalized spacial score (nSPS) is 18.9. The third kappa shape index (κ3) is 4.96. The number of benzene rings is 2. The SMILES string of the molecule is Cc1cccc(NC(=O)C[NH+]2CC[NH+](Cc3cc(-c4ccccc4)on3)CC2)c1C. The zero-order valence-electron chi connectivity index (χ0n) is 17.7. The van der Waals surface area contributed by atoms with Crippen LogP contribution >= 0.6 is 0 Å². The van der Waals surface area contributed by atoms with Gasteiger partial charge in [0.1, 0.15) is 38.4 Å². The summed E-state index contributed by atoms with van der Waals surface area (Å²) in [6.45, 7) is 9.52. The zero-order valence-corrected chi connectivity index (χ0v) is 17.7. The van der Waals surface area contributed by atoms with Crippen LogP contribution in [0.5, 0.6) is 0 Å². The van der Waals surface area contributed by atoms with Crippen molar-refractivity contribution in [3.05, 3.63) is 71.4 Å². The Labute approximate surface area is 177 Å². The van der Waals surface area contributed by atoms with Gasteiger partial charge in [0.2, 0.25) is 0 Å². The molecule has 3 aromatic rings. The van der Waals surface area contributed by atoms with E-state index in [1.165, 1.54) is 15.4 Å². The minimum atomic E-state index is 0.0890. The van der Waals surface area contributed by atoms with E-state index in [4.69, 9.17) is 4.52 Å². The van der Waals surface area contributed by atoms with Gasteiger partial charge in [-0.05, 0) is 31.0 Å². The van der Waals surface area contributed by atoms with Gasteiger partial charge in [0.25, 0.3) is 5.91 Å². The number of rotatable bonds is 6. The van der Waals surface area contributed by atoms with Crippen molar-refractivity contribution in [3.8, 4) is 11.3 Å². The van der Waals surface area contributed by atoms with E-state index in [9.17, 15) is 4.79 Å². The molecule has 2 heterocycles. The number of amides is 1. The van der Waals surface area contributed by atoms with Gasteiger partial charge in [-0.3, -0.25) is 4.79 Å². The fraction of sp³-hybridized carbons (Fsp3) is 0.333. The molecule has 1 aliphatic rings. The Balaban J connectivity index is 1.25. The van der Waals surface area contributed by atoms with Gasteiger partial charge >= 0.3 is 0 Å². The Morgan fingerprint density at radius 2 is 1.73 bits per heavy atom. The van der Waals surface area contributed by atoms with Gasteiger partial charge in [0.05, 0.1) is 0 Å². The Kier molecular flexibility index (Phi) is 6.26. The predicted molar refractivity (Wildman–Crippen MR) is 116 cm³/mol. The van der Waals surface area contributed by atoms with Gasteiger partial charge in [-0.15, -0.1) is 0 Å². The van der Waals surface area contributed by atoms with Gasteiger partial charge in [-0.2, -0.15) is 0 Å². The Morgan fingerprint density at radius 1 is 1.00 bits per heavy atom. The van der Waals surface area contributed by atoms with Crippen molar-refractivity contribution in [2.45, 2.75) is 20.4 Å². The van der Waals surface area contributed by atoms with Crippen LogP contribution in [0.3, 0.4) is 0 Å². The molecule has 0 bridgehead atoms. The molecule has 1 amide bonds. The smallest absolute Gasteiger partial charge is 0.279 e. The van der Waals surface area contributed by atoms with Crippen LogP contribution in [0.4, 0.5) is 5.69 Å². The van der Waals surface area contributed by atoms with Crippen LogP contribution in [0.15, 0.2) is 59.1 Å². The maximum absolute atomic E-state index is 12.5. The molecule has 30 heavy (non-hydrogen) atoms. The molecule has 0 atom stereocenters. The minimum Gasteiger partial charge on any atom is -0.356 e. The number of hydrogen-bond acceptors (Lipinski definition) is 3. The summed E-state index contributed by atoms with van der Waals surface area (Å²) in [7, 11) is 0. The number of nitrogens with zero attached hydrogens (tertiary/aromatic N) is 1. The summed E-state index contributed by atoms with van der Waals surface area (Å²) in [5, 5.41) is 7.33. The number of aryl methyl sites for hydroxylation is 1. The van der Waals surface area contributed by atoms with E-state index in [2.05, 4.69) is 23.5 Å². The summed E-state index contributed by atoms with van der Waals surface area (Å²) < 4.78 is 5.52. The van der Waals surface area contributed by atoms with E-state index in [1.807, 2.05) is 55.5 Å². The molecule has 0 unspecified atom stereocenters. The molecule has 0 aliphatic carbocycles. The highest BCUT2D eigenvalue weighted by Crippen LogP contribution is 2.19. The fourth-order valence-corrected chi connectivity index (χ4v) is 4.01. The van der Waals surface area contributed by atoms with Crippen molar-refractivity contribution in [1.82, 2.24) is 5.16 Å². The van der Waals surface area contributed by atoms with E-state index in [-0.39, 0.29) is 5.91 Å². The van der Waals surface area contributed by atoms with Gasteiger partial charge in [-0.1, -0.05) is 47.6 Å². The van der Waals surface area contributed by atoms with Crippen LogP contribution in [0, 0.1) is 13.8 Å². The van der Waals surface area contributed by atoms with Gasteiger partial charge in [-0.25, -0.2) is 0 Å². The van der Waals surface area contributed by atoms with Crippen LogP contribution < -0.4 is 15.1 Å². The molecule has 0 radical (unpaired) electrons. The molecule has 0 saturated carbocycles.